The zero-order valence-corrected chi connectivity index (χ0v) is 16.2. The van der Waals surface area contributed by atoms with Gasteiger partial charge in [0.05, 0.1) is 6.54 Å². The molecule has 2 aromatic rings. The molecule has 2 fully saturated rings. The highest BCUT2D eigenvalue weighted by atomic mass is 16.5. The molecule has 144 valence electrons. The van der Waals surface area contributed by atoms with E-state index in [4.69, 9.17) is 4.52 Å². The summed E-state index contributed by atoms with van der Waals surface area (Å²) in [4.78, 5) is 16.7. The van der Waals surface area contributed by atoms with Crippen molar-refractivity contribution >= 4 is 5.91 Å². The second kappa shape index (κ2) is 7.44. The number of nitrogens with zero attached hydrogens (tertiary/aromatic N) is 3. The molecular formula is C21H28N4O2. The van der Waals surface area contributed by atoms with Gasteiger partial charge >= 0.3 is 0 Å². The van der Waals surface area contributed by atoms with Crippen molar-refractivity contribution in [1.29, 1.82) is 0 Å². The molecule has 2 saturated heterocycles. The standard InChI is InChI=1S/C21H28N4O2/c1-16-3-5-17(6-4-16)19-13-18(27-23-19)14-25-12-11-24(2)21(15-25)8-7-20(26)22-10-9-21/h3-6,13H,7-12,14-15H2,1-2H3,(H,22,26)/t21-/m0/s1. The smallest absolute Gasteiger partial charge is 0.220 e. The molecule has 0 saturated carbocycles. The summed E-state index contributed by atoms with van der Waals surface area (Å²) >= 11 is 0. The van der Waals surface area contributed by atoms with Gasteiger partial charge in [-0.25, -0.2) is 0 Å². The first-order chi connectivity index (χ1) is 13.0. The third kappa shape index (κ3) is 3.92. The lowest BCUT2D eigenvalue weighted by molar-refractivity contribution is -0.121. The molecule has 6 heteroatoms. The number of aryl methyl sites for hydroxylation is 1. The fraction of sp³-hybridized carbons (Fsp3) is 0.524. The van der Waals surface area contributed by atoms with Gasteiger partial charge in [-0.15, -0.1) is 0 Å². The lowest BCUT2D eigenvalue weighted by Crippen LogP contribution is -2.60. The van der Waals surface area contributed by atoms with Crippen LogP contribution in [0.4, 0.5) is 0 Å². The number of hydrogen-bond donors (Lipinski definition) is 1. The van der Waals surface area contributed by atoms with Crippen molar-refractivity contribution in [3.05, 3.63) is 41.7 Å². The van der Waals surface area contributed by atoms with Gasteiger partial charge in [0.1, 0.15) is 5.69 Å². The van der Waals surface area contributed by atoms with Gasteiger partial charge in [0, 0.05) is 49.8 Å². The molecule has 1 spiro atoms. The summed E-state index contributed by atoms with van der Waals surface area (Å²) in [7, 11) is 2.19. The van der Waals surface area contributed by atoms with E-state index in [0.717, 1.165) is 62.6 Å². The molecule has 4 rings (SSSR count). The predicted molar refractivity (Wildman–Crippen MR) is 104 cm³/mol. The van der Waals surface area contributed by atoms with Crippen LogP contribution in [0.3, 0.4) is 0 Å². The van der Waals surface area contributed by atoms with E-state index < -0.39 is 0 Å². The number of piperazine rings is 1. The maximum absolute atomic E-state index is 11.8. The van der Waals surface area contributed by atoms with Crippen LogP contribution in [0.5, 0.6) is 0 Å². The van der Waals surface area contributed by atoms with E-state index >= 15 is 0 Å². The van der Waals surface area contributed by atoms with E-state index in [2.05, 4.69) is 58.5 Å². The molecule has 1 amide bonds. The van der Waals surface area contributed by atoms with Crippen LogP contribution >= 0.6 is 0 Å². The van der Waals surface area contributed by atoms with Crippen molar-refractivity contribution in [3.8, 4) is 11.3 Å². The topological polar surface area (TPSA) is 61.6 Å². The van der Waals surface area contributed by atoms with Crippen LogP contribution in [-0.4, -0.2) is 59.6 Å². The summed E-state index contributed by atoms with van der Waals surface area (Å²) in [5.41, 5.74) is 3.27. The Bertz CT molecular complexity index is 801. The Labute approximate surface area is 160 Å². The molecule has 1 atom stereocenters. The molecule has 0 bridgehead atoms. The van der Waals surface area contributed by atoms with Crippen LogP contribution in [0, 0.1) is 6.92 Å². The van der Waals surface area contributed by atoms with Crippen LogP contribution in [0.1, 0.15) is 30.6 Å². The molecule has 0 aliphatic carbocycles. The molecule has 3 heterocycles. The van der Waals surface area contributed by atoms with Gasteiger partial charge in [-0.05, 0) is 26.8 Å². The summed E-state index contributed by atoms with van der Waals surface area (Å²) in [6.45, 7) is 6.57. The minimum absolute atomic E-state index is 0.0667. The van der Waals surface area contributed by atoms with Crippen LogP contribution < -0.4 is 5.32 Å². The van der Waals surface area contributed by atoms with Crippen molar-refractivity contribution in [2.45, 2.75) is 38.3 Å². The Kier molecular flexibility index (Phi) is 5.02. The number of carbonyl (C=O) groups excluding carboxylic acids is 1. The van der Waals surface area contributed by atoms with Crippen molar-refractivity contribution in [2.75, 3.05) is 33.2 Å². The third-order valence-electron chi connectivity index (χ3n) is 6.09. The Morgan fingerprint density at radius 2 is 2.04 bits per heavy atom. The maximum atomic E-state index is 11.8. The fourth-order valence-electron chi connectivity index (χ4n) is 4.28. The number of rotatable bonds is 3. The van der Waals surface area contributed by atoms with Gasteiger partial charge in [-0.2, -0.15) is 0 Å². The SMILES string of the molecule is Cc1ccc(-c2cc(CN3CCN(C)[C@@]4(CCNC(=O)CC4)C3)on2)cc1. The lowest BCUT2D eigenvalue weighted by atomic mass is 9.86. The first-order valence-electron chi connectivity index (χ1n) is 9.77. The number of amides is 1. The second-order valence-corrected chi connectivity index (χ2v) is 8.00. The van der Waals surface area contributed by atoms with Crippen molar-refractivity contribution in [1.82, 2.24) is 20.3 Å². The van der Waals surface area contributed by atoms with E-state index in [0.29, 0.717) is 6.42 Å². The fourth-order valence-corrected chi connectivity index (χ4v) is 4.28. The molecule has 0 radical (unpaired) electrons. The van der Waals surface area contributed by atoms with Crippen LogP contribution in [0.25, 0.3) is 11.3 Å². The Morgan fingerprint density at radius 3 is 2.85 bits per heavy atom. The van der Waals surface area contributed by atoms with E-state index in [1.165, 1.54) is 5.56 Å². The summed E-state index contributed by atoms with van der Waals surface area (Å²) < 4.78 is 5.62. The molecule has 0 unspecified atom stereocenters. The van der Waals surface area contributed by atoms with Gasteiger partial charge in [0.25, 0.3) is 0 Å². The van der Waals surface area contributed by atoms with Gasteiger partial charge in [-0.1, -0.05) is 35.0 Å². The van der Waals surface area contributed by atoms with E-state index in [-0.39, 0.29) is 11.4 Å². The minimum atomic E-state index is 0.0667. The highest BCUT2D eigenvalue weighted by Crippen LogP contribution is 2.31. The molecule has 2 aliphatic heterocycles. The molecular weight excluding hydrogens is 340 g/mol. The number of benzene rings is 1. The summed E-state index contributed by atoms with van der Waals surface area (Å²) in [5.74, 6) is 1.07. The number of carbonyl (C=O) groups is 1. The van der Waals surface area contributed by atoms with Crippen molar-refractivity contribution in [2.24, 2.45) is 0 Å². The predicted octanol–water partition coefficient (Wildman–Crippen LogP) is 2.44. The zero-order chi connectivity index (χ0) is 18.9. The average Bonchev–Trinajstić information content (AvgIpc) is 3.04. The van der Waals surface area contributed by atoms with Crippen LogP contribution in [-0.2, 0) is 11.3 Å². The first kappa shape index (κ1) is 18.2. The lowest BCUT2D eigenvalue weighted by Gasteiger charge is -2.49. The number of hydrogen-bond acceptors (Lipinski definition) is 5. The minimum Gasteiger partial charge on any atom is -0.359 e. The number of likely N-dealkylation sites (N-methyl/N-ethyl adjacent to an activating group) is 1. The number of nitrogens with one attached hydrogen (secondary N) is 1. The molecule has 27 heavy (non-hydrogen) atoms. The largest absolute Gasteiger partial charge is 0.359 e. The third-order valence-corrected chi connectivity index (χ3v) is 6.09. The highest BCUT2D eigenvalue weighted by molar-refractivity contribution is 5.76. The maximum Gasteiger partial charge on any atom is 0.220 e. The first-order valence-corrected chi connectivity index (χ1v) is 9.77. The quantitative estimate of drug-likeness (QED) is 0.902. The van der Waals surface area contributed by atoms with Gasteiger partial charge in [-0.3, -0.25) is 14.6 Å². The normalized spacial score (nSPS) is 24.7. The molecule has 6 nitrogen and oxygen atoms in total. The molecule has 1 N–H and O–H groups in total. The zero-order valence-electron chi connectivity index (χ0n) is 16.2. The second-order valence-electron chi connectivity index (χ2n) is 8.00. The van der Waals surface area contributed by atoms with E-state index in [1.807, 2.05) is 6.07 Å². The monoisotopic (exact) mass is 368 g/mol. The van der Waals surface area contributed by atoms with Gasteiger partial charge in [0.15, 0.2) is 5.76 Å². The van der Waals surface area contributed by atoms with Gasteiger partial charge < -0.3 is 9.84 Å². The highest BCUT2D eigenvalue weighted by Gasteiger charge is 2.40. The Balaban J connectivity index is 1.45. The van der Waals surface area contributed by atoms with E-state index in [1.54, 1.807) is 0 Å². The van der Waals surface area contributed by atoms with Crippen molar-refractivity contribution in [3.63, 3.8) is 0 Å². The number of aromatic nitrogens is 1. The summed E-state index contributed by atoms with van der Waals surface area (Å²) in [5, 5.41) is 7.27. The Morgan fingerprint density at radius 1 is 1.22 bits per heavy atom. The van der Waals surface area contributed by atoms with Crippen LogP contribution in [0.15, 0.2) is 34.9 Å². The average molecular weight is 368 g/mol. The summed E-state index contributed by atoms with van der Waals surface area (Å²) in [6, 6.07) is 10.4. The Hall–Kier alpha value is -2.18. The summed E-state index contributed by atoms with van der Waals surface area (Å²) in [6.07, 6.45) is 2.52. The molecule has 2 aliphatic rings. The van der Waals surface area contributed by atoms with E-state index in [9.17, 15) is 4.79 Å². The molecule has 1 aromatic carbocycles. The molecule has 1 aromatic heterocycles. The van der Waals surface area contributed by atoms with Crippen LogP contribution in [0.2, 0.25) is 0 Å². The van der Waals surface area contributed by atoms with Crippen molar-refractivity contribution < 1.29 is 9.32 Å². The van der Waals surface area contributed by atoms with Gasteiger partial charge in [0.2, 0.25) is 5.91 Å².